The van der Waals surface area contributed by atoms with Crippen molar-refractivity contribution in [3.8, 4) is 0 Å². The number of hydrogen-bond acceptors (Lipinski definition) is 5. The first-order valence-electron chi connectivity index (χ1n) is 11.2. The summed E-state index contributed by atoms with van der Waals surface area (Å²) in [5, 5.41) is 14.9. The van der Waals surface area contributed by atoms with E-state index in [0.717, 1.165) is 5.56 Å². The summed E-state index contributed by atoms with van der Waals surface area (Å²) in [4.78, 5) is 52.7. The maximum absolute atomic E-state index is 13.1. The van der Waals surface area contributed by atoms with Gasteiger partial charge in [-0.3, -0.25) is 9.59 Å². The fourth-order valence-electron chi connectivity index (χ4n) is 4.28. The molecule has 1 aromatic heterocycles. The molecule has 0 fully saturated rings. The van der Waals surface area contributed by atoms with Crippen LogP contribution in [0.1, 0.15) is 48.8 Å². The lowest BCUT2D eigenvalue weighted by Crippen LogP contribution is -2.43. The number of ether oxygens (including phenoxy) is 1. The van der Waals surface area contributed by atoms with Crippen LogP contribution in [0, 0.1) is 13.8 Å². The van der Waals surface area contributed by atoms with Crippen molar-refractivity contribution in [3.63, 3.8) is 0 Å². The van der Waals surface area contributed by atoms with Crippen LogP contribution in [0.4, 0.5) is 5.69 Å². The Morgan fingerprint density at radius 3 is 2.47 bits per heavy atom. The first-order chi connectivity index (χ1) is 17.2. The number of aromatic amines is 1. The number of esters is 1. The molecule has 2 heterocycles. The average molecular weight is 488 g/mol. The molecule has 4 rings (SSSR count). The number of H-pyrrole nitrogens is 1. The number of nitrogens with one attached hydrogen (secondary N) is 3. The van der Waals surface area contributed by atoms with Crippen molar-refractivity contribution in [2.45, 2.75) is 26.3 Å². The summed E-state index contributed by atoms with van der Waals surface area (Å²) in [6, 6.07) is 13.1. The van der Waals surface area contributed by atoms with Crippen LogP contribution in [-0.4, -0.2) is 47.0 Å². The van der Waals surface area contributed by atoms with E-state index in [2.05, 4.69) is 15.6 Å². The molecular formula is C27H25N3O6. The van der Waals surface area contributed by atoms with Gasteiger partial charge in [-0.05, 0) is 49.2 Å². The van der Waals surface area contributed by atoms with Gasteiger partial charge in [0.05, 0.1) is 18.2 Å². The van der Waals surface area contributed by atoms with Gasteiger partial charge in [-0.1, -0.05) is 30.3 Å². The van der Waals surface area contributed by atoms with Crippen molar-refractivity contribution in [2.75, 3.05) is 12.4 Å². The van der Waals surface area contributed by atoms with Gasteiger partial charge in [-0.25, -0.2) is 9.59 Å². The van der Waals surface area contributed by atoms with Gasteiger partial charge in [0.25, 0.3) is 11.8 Å². The van der Waals surface area contributed by atoms with Crippen LogP contribution in [0.25, 0.3) is 11.6 Å². The van der Waals surface area contributed by atoms with Gasteiger partial charge in [-0.2, -0.15) is 0 Å². The van der Waals surface area contributed by atoms with Crippen molar-refractivity contribution in [1.29, 1.82) is 0 Å². The molecule has 0 unspecified atom stereocenters. The van der Waals surface area contributed by atoms with Gasteiger partial charge in [0, 0.05) is 34.6 Å². The van der Waals surface area contributed by atoms with Crippen LogP contribution in [0.3, 0.4) is 0 Å². The molecule has 3 aromatic rings. The van der Waals surface area contributed by atoms with Crippen LogP contribution in [0.15, 0.2) is 48.5 Å². The molecule has 0 bridgehead atoms. The van der Waals surface area contributed by atoms with Crippen LogP contribution in [0.5, 0.6) is 0 Å². The first-order valence-corrected chi connectivity index (χ1v) is 11.2. The minimum Gasteiger partial charge on any atom is -0.478 e. The Balaban J connectivity index is 1.63. The van der Waals surface area contributed by atoms with E-state index in [0.29, 0.717) is 28.2 Å². The highest BCUT2D eigenvalue weighted by Crippen LogP contribution is 2.34. The molecule has 9 nitrogen and oxygen atoms in total. The molecule has 0 radical (unpaired) electrons. The number of aryl methyl sites for hydroxylation is 1. The number of rotatable bonds is 7. The average Bonchev–Trinajstić information content (AvgIpc) is 3.32. The minimum atomic E-state index is -1.06. The van der Waals surface area contributed by atoms with E-state index in [1.54, 1.807) is 38.1 Å². The molecule has 1 aliphatic rings. The number of aromatic carboxylic acids is 1. The molecule has 1 aliphatic heterocycles. The second-order valence-electron chi connectivity index (χ2n) is 8.48. The Labute approximate surface area is 207 Å². The van der Waals surface area contributed by atoms with Gasteiger partial charge >= 0.3 is 11.9 Å². The van der Waals surface area contributed by atoms with Crippen molar-refractivity contribution in [3.05, 3.63) is 87.7 Å². The van der Waals surface area contributed by atoms with E-state index in [1.807, 2.05) is 30.3 Å². The summed E-state index contributed by atoms with van der Waals surface area (Å²) in [6.45, 7) is 3.31. The zero-order valence-electron chi connectivity index (χ0n) is 20.0. The number of hydrogen-bond donors (Lipinski definition) is 4. The molecule has 0 saturated heterocycles. The van der Waals surface area contributed by atoms with E-state index in [4.69, 9.17) is 4.74 Å². The molecule has 184 valence electrons. The van der Waals surface area contributed by atoms with Crippen molar-refractivity contribution in [2.24, 2.45) is 0 Å². The highest BCUT2D eigenvalue weighted by atomic mass is 16.5. The maximum Gasteiger partial charge on any atom is 0.337 e. The molecule has 0 spiro atoms. The first kappa shape index (κ1) is 24.5. The highest BCUT2D eigenvalue weighted by molar-refractivity contribution is 6.35. The fraction of sp³-hybridized carbons (Fsp3) is 0.185. The predicted molar refractivity (Wildman–Crippen MR) is 134 cm³/mol. The monoisotopic (exact) mass is 487 g/mol. The molecule has 36 heavy (non-hydrogen) atoms. The van der Waals surface area contributed by atoms with Gasteiger partial charge in [-0.15, -0.1) is 0 Å². The molecule has 1 atom stereocenters. The zero-order chi connectivity index (χ0) is 26.0. The lowest BCUT2D eigenvalue weighted by molar-refractivity contribution is -0.142. The van der Waals surface area contributed by atoms with E-state index in [9.17, 15) is 24.3 Å². The lowest BCUT2D eigenvalue weighted by Gasteiger charge is -2.17. The predicted octanol–water partition coefficient (Wildman–Crippen LogP) is 3.34. The van der Waals surface area contributed by atoms with Gasteiger partial charge < -0.3 is 25.5 Å². The van der Waals surface area contributed by atoms with E-state index >= 15 is 0 Å². The summed E-state index contributed by atoms with van der Waals surface area (Å²) in [5.74, 6) is -2.50. The number of carboxylic acids is 1. The number of anilines is 1. The Morgan fingerprint density at radius 2 is 1.83 bits per heavy atom. The summed E-state index contributed by atoms with van der Waals surface area (Å²) >= 11 is 0. The molecule has 2 aromatic carbocycles. The normalized spacial score (nSPS) is 14.2. The summed E-state index contributed by atoms with van der Waals surface area (Å²) in [5.41, 5.74) is 4.05. The quantitative estimate of drug-likeness (QED) is 0.298. The topological polar surface area (TPSA) is 138 Å². The number of aromatic nitrogens is 1. The lowest BCUT2D eigenvalue weighted by atomic mass is 10.0. The molecular weight excluding hydrogens is 462 g/mol. The smallest absolute Gasteiger partial charge is 0.337 e. The summed E-state index contributed by atoms with van der Waals surface area (Å²) in [7, 11) is 1.26. The largest absolute Gasteiger partial charge is 0.478 e. The fourth-order valence-corrected chi connectivity index (χ4v) is 4.28. The van der Waals surface area contributed by atoms with Crippen LogP contribution in [-0.2, 0) is 20.7 Å². The number of carboxylic acid groups (broad SMARTS) is 1. The molecule has 2 amide bonds. The van der Waals surface area contributed by atoms with Crippen LogP contribution < -0.4 is 10.6 Å². The van der Waals surface area contributed by atoms with Crippen LogP contribution >= 0.6 is 0 Å². The number of fused-ring (bicyclic) bond motifs is 1. The third-order valence-electron chi connectivity index (χ3n) is 6.12. The Morgan fingerprint density at radius 1 is 1.11 bits per heavy atom. The third-order valence-corrected chi connectivity index (χ3v) is 6.12. The Kier molecular flexibility index (Phi) is 6.73. The van der Waals surface area contributed by atoms with Gasteiger partial charge in [0.2, 0.25) is 0 Å². The molecule has 0 saturated carbocycles. The molecule has 0 aliphatic carbocycles. The molecule has 4 N–H and O–H groups in total. The van der Waals surface area contributed by atoms with E-state index in [-0.39, 0.29) is 29.0 Å². The maximum atomic E-state index is 13.1. The minimum absolute atomic E-state index is 0.154. The Bertz CT molecular complexity index is 1400. The molecule has 9 heteroatoms. The number of methoxy groups -OCH3 is 1. The van der Waals surface area contributed by atoms with Crippen molar-refractivity contribution in [1.82, 2.24) is 10.3 Å². The Hall–Kier alpha value is -4.66. The standard InChI is InChI=1S/C27H25N3O6/c1-14-21(28-15(2)23(14)26(33)34)13-19-18-12-17(9-10-20(18)29-25(19)32)24(31)30-22(27(35)36-3)11-16-7-5-4-6-8-16/h4-10,12-13,22,28H,11H2,1-3H3,(H,29,32)(H,30,31)(H,33,34)/t22-/m0/s1. The number of amides is 2. The van der Waals surface area contributed by atoms with E-state index in [1.165, 1.54) is 7.11 Å². The number of carbonyl (C=O) groups is 4. The second-order valence-corrected chi connectivity index (χ2v) is 8.48. The van der Waals surface area contributed by atoms with Gasteiger partial charge in [0.1, 0.15) is 6.04 Å². The SMILES string of the molecule is COC(=O)[C@H](Cc1ccccc1)NC(=O)c1ccc2c(c1)C(=Cc1[nH]c(C)c(C(=O)O)c1C)C(=O)N2. The van der Waals surface area contributed by atoms with Crippen LogP contribution in [0.2, 0.25) is 0 Å². The summed E-state index contributed by atoms with van der Waals surface area (Å²) < 4.78 is 4.87. The second kappa shape index (κ2) is 9.91. The van der Waals surface area contributed by atoms with Crippen molar-refractivity contribution < 1.29 is 29.0 Å². The summed E-state index contributed by atoms with van der Waals surface area (Å²) in [6.07, 6.45) is 1.83. The number of carbonyl (C=O) groups excluding carboxylic acids is 3. The van der Waals surface area contributed by atoms with E-state index < -0.39 is 23.9 Å². The number of benzene rings is 2. The third kappa shape index (κ3) is 4.76. The zero-order valence-corrected chi connectivity index (χ0v) is 20.0. The van der Waals surface area contributed by atoms with Crippen molar-refractivity contribution >= 4 is 41.1 Å². The van der Waals surface area contributed by atoms with Gasteiger partial charge in [0.15, 0.2) is 0 Å². The highest BCUT2D eigenvalue weighted by Gasteiger charge is 2.28.